The Morgan fingerprint density at radius 2 is 1.68 bits per heavy atom. The van der Waals surface area contributed by atoms with Crippen LogP contribution in [0.4, 0.5) is 5.69 Å². The summed E-state index contributed by atoms with van der Waals surface area (Å²) < 4.78 is 33.0. The minimum atomic E-state index is -3.76. The van der Waals surface area contributed by atoms with E-state index in [1.165, 1.54) is 19.2 Å². The van der Waals surface area contributed by atoms with Gasteiger partial charge in [0.1, 0.15) is 5.75 Å². The molecule has 0 heterocycles. The lowest BCUT2D eigenvalue weighted by Gasteiger charge is -2.18. The predicted octanol–water partition coefficient (Wildman–Crippen LogP) is 4.69. The Labute approximate surface area is 183 Å². The number of carbonyl (C=O) groups excluding carboxylic acids is 1. The first-order valence-electron chi connectivity index (χ1n) is 9.97. The predicted molar refractivity (Wildman–Crippen MR) is 122 cm³/mol. The first-order chi connectivity index (χ1) is 14.8. The Bertz CT molecular complexity index is 1140. The highest BCUT2D eigenvalue weighted by Crippen LogP contribution is 2.23. The van der Waals surface area contributed by atoms with Gasteiger partial charge in [-0.05, 0) is 66.9 Å². The third-order valence-corrected chi connectivity index (χ3v) is 6.40. The van der Waals surface area contributed by atoms with Crippen molar-refractivity contribution in [2.75, 3.05) is 11.8 Å². The molecule has 31 heavy (non-hydrogen) atoms. The highest BCUT2D eigenvalue weighted by molar-refractivity contribution is 7.92. The number of carbonyl (C=O) groups is 1. The molecule has 0 bridgehead atoms. The Morgan fingerprint density at radius 1 is 1.00 bits per heavy atom. The highest BCUT2D eigenvalue weighted by atomic mass is 32.2. The fraction of sp³-hybridized carbons (Fsp3) is 0.208. The van der Waals surface area contributed by atoms with Crippen molar-refractivity contribution < 1.29 is 17.9 Å². The fourth-order valence-corrected chi connectivity index (χ4v) is 4.36. The number of methoxy groups -OCH3 is 1. The Hall–Kier alpha value is -3.32. The maximum Gasteiger partial charge on any atom is 0.261 e. The van der Waals surface area contributed by atoms with E-state index in [2.05, 4.69) is 10.0 Å². The van der Waals surface area contributed by atoms with Gasteiger partial charge in [-0.15, -0.1) is 0 Å². The minimum Gasteiger partial charge on any atom is -0.497 e. The summed E-state index contributed by atoms with van der Waals surface area (Å²) in [4.78, 5) is 12.9. The lowest BCUT2D eigenvalue weighted by atomic mass is 10.0. The molecule has 0 spiro atoms. The number of sulfonamides is 1. The molecule has 1 amide bonds. The molecule has 0 unspecified atom stereocenters. The van der Waals surface area contributed by atoms with Crippen molar-refractivity contribution >= 4 is 21.6 Å². The van der Waals surface area contributed by atoms with E-state index in [1.807, 2.05) is 37.3 Å². The van der Waals surface area contributed by atoms with Gasteiger partial charge in [-0.1, -0.05) is 37.3 Å². The van der Waals surface area contributed by atoms with Crippen LogP contribution in [0.25, 0.3) is 0 Å². The smallest absolute Gasteiger partial charge is 0.261 e. The molecule has 2 N–H and O–H groups in total. The zero-order valence-corrected chi connectivity index (χ0v) is 18.6. The Kier molecular flexibility index (Phi) is 6.97. The highest BCUT2D eigenvalue weighted by Gasteiger charge is 2.18. The molecule has 0 fully saturated rings. The Morgan fingerprint density at radius 3 is 2.26 bits per heavy atom. The fourth-order valence-electron chi connectivity index (χ4n) is 3.23. The number of hydrogen-bond donors (Lipinski definition) is 2. The van der Waals surface area contributed by atoms with Crippen LogP contribution in [0.2, 0.25) is 0 Å². The van der Waals surface area contributed by atoms with Gasteiger partial charge in [0.25, 0.3) is 15.9 Å². The van der Waals surface area contributed by atoms with Crippen LogP contribution < -0.4 is 14.8 Å². The van der Waals surface area contributed by atoms with Crippen molar-refractivity contribution in [1.82, 2.24) is 5.32 Å². The third kappa shape index (κ3) is 5.44. The molecule has 3 rings (SSSR count). The van der Waals surface area contributed by atoms with Crippen molar-refractivity contribution in [1.29, 1.82) is 0 Å². The van der Waals surface area contributed by atoms with Crippen LogP contribution in [-0.4, -0.2) is 21.4 Å². The maximum atomic E-state index is 12.8. The molecule has 3 aromatic rings. The first kappa shape index (κ1) is 22.4. The molecule has 0 aliphatic rings. The van der Waals surface area contributed by atoms with Crippen LogP contribution in [0.3, 0.4) is 0 Å². The number of anilines is 1. The van der Waals surface area contributed by atoms with Crippen molar-refractivity contribution in [3.8, 4) is 5.75 Å². The molecule has 0 aliphatic heterocycles. The number of aryl methyl sites for hydroxylation is 1. The Balaban J connectivity index is 1.75. The maximum absolute atomic E-state index is 12.8. The minimum absolute atomic E-state index is 0.0951. The number of hydrogen-bond acceptors (Lipinski definition) is 4. The zero-order chi connectivity index (χ0) is 22.4. The van der Waals surface area contributed by atoms with Crippen molar-refractivity contribution in [3.05, 3.63) is 89.5 Å². The second-order valence-corrected chi connectivity index (χ2v) is 8.84. The number of amides is 1. The number of nitrogens with one attached hydrogen (secondary N) is 2. The summed E-state index contributed by atoms with van der Waals surface area (Å²) in [5, 5.41) is 3.04. The van der Waals surface area contributed by atoms with Crippen LogP contribution in [0, 0.1) is 6.92 Å². The molecule has 0 aromatic heterocycles. The van der Waals surface area contributed by atoms with E-state index < -0.39 is 10.0 Å². The average Bonchev–Trinajstić information content (AvgIpc) is 2.79. The first-order valence-corrected chi connectivity index (χ1v) is 11.5. The molecular formula is C24H26N2O4S. The second kappa shape index (κ2) is 9.66. The van der Waals surface area contributed by atoms with Crippen molar-refractivity contribution in [2.24, 2.45) is 0 Å². The van der Waals surface area contributed by atoms with Gasteiger partial charge >= 0.3 is 0 Å². The van der Waals surface area contributed by atoms with Crippen LogP contribution >= 0.6 is 0 Å². The lowest BCUT2D eigenvalue weighted by molar-refractivity contribution is 0.0935. The van der Waals surface area contributed by atoms with Gasteiger partial charge in [-0.25, -0.2) is 8.42 Å². The summed E-state index contributed by atoms with van der Waals surface area (Å²) >= 11 is 0. The van der Waals surface area contributed by atoms with E-state index in [0.717, 1.165) is 12.0 Å². The van der Waals surface area contributed by atoms with E-state index in [-0.39, 0.29) is 16.8 Å². The molecule has 162 valence electrons. The molecule has 0 saturated carbocycles. The van der Waals surface area contributed by atoms with E-state index in [1.54, 1.807) is 37.3 Å². The van der Waals surface area contributed by atoms with Crippen LogP contribution in [0.1, 0.15) is 40.9 Å². The quantitative estimate of drug-likeness (QED) is 0.535. The molecule has 3 aromatic carbocycles. The van der Waals surface area contributed by atoms with Gasteiger partial charge < -0.3 is 10.1 Å². The summed E-state index contributed by atoms with van der Waals surface area (Å²) in [6.45, 7) is 3.78. The van der Waals surface area contributed by atoms with Gasteiger partial charge in [0.15, 0.2) is 0 Å². The SMILES string of the molecule is CC[C@H](NC(=O)c1ccc(NS(=O)(=O)c2ccc(OC)cc2)c(C)c1)c1ccccc1. The topological polar surface area (TPSA) is 84.5 Å². The normalized spacial score (nSPS) is 12.1. The molecule has 0 radical (unpaired) electrons. The van der Waals surface area contributed by atoms with Gasteiger partial charge in [-0.2, -0.15) is 0 Å². The van der Waals surface area contributed by atoms with Gasteiger partial charge in [0, 0.05) is 5.56 Å². The van der Waals surface area contributed by atoms with E-state index in [4.69, 9.17) is 4.74 Å². The summed E-state index contributed by atoms with van der Waals surface area (Å²) in [6, 6.07) is 20.7. The molecular weight excluding hydrogens is 412 g/mol. The van der Waals surface area contributed by atoms with Gasteiger partial charge in [0.05, 0.1) is 23.7 Å². The zero-order valence-electron chi connectivity index (χ0n) is 17.8. The standard InChI is InChI=1S/C24H26N2O4S/c1-4-22(18-8-6-5-7-9-18)25-24(27)19-10-15-23(17(2)16-19)26-31(28,29)21-13-11-20(30-3)12-14-21/h5-16,22,26H,4H2,1-3H3,(H,25,27)/t22-/m0/s1. The van der Waals surface area contributed by atoms with Crippen molar-refractivity contribution in [2.45, 2.75) is 31.2 Å². The van der Waals surface area contributed by atoms with E-state index in [9.17, 15) is 13.2 Å². The summed E-state index contributed by atoms with van der Waals surface area (Å²) in [7, 11) is -2.24. The lowest BCUT2D eigenvalue weighted by Crippen LogP contribution is -2.28. The summed E-state index contributed by atoms with van der Waals surface area (Å²) in [6.07, 6.45) is 0.758. The summed E-state index contributed by atoms with van der Waals surface area (Å²) in [5.41, 5.74) is 2.58. The van der Waals surface area contributed by atoms with E-state index in [0.29, 0.717) is 22.6 Å². The number of ether oxygens (including phenoxy) is 1. The number of benzene rings is 3. The van der Waals surface area contributed by atoms with Crippen molar-refractivity contribution in [3.63, 3.8) is 0 Å². The monoisotopic (exact) mass is 438 g/mol. The van der Waals surface area contributed by atoms with Crippen LogP contribution in [-0.2, 0) is 10.0 Å². The molecule has 7 heteroatoms. The molecule has 0 aliphatic carbocycles. The van der Waals surface area contributed by atoms with Gasteiger partial charge in [0.2, 0.25) is 0 Å². The third-order valence-electron chi connectivity index (χ3n) is 5.02. The van der Waals surface area contributed by atoms with Crippen LogP contribution in [0.15, 0.2) is 77.7 Å². The largest absolute Gasteiger partial charge is 0.497 e. The molecule has 1 atom stereocenters. The number of rotatable bonds is 8. The van der Waals surface area contributed by atoms with E-state index >= 15 is 0 Å². The molecule has 6 nitrogen and oxygen atoms in total. The average molecular weight is 439 g/mol. The van der Waals surface area contributed by atoms with Crippen LogP contribution in [0.5, 0.6) is 5.75 Å². The summed E-state index contributed by atoms with van der Waals surface area (Å²) in [5.74, 6) is 0.370. The molecule has 0 saturated heterocycles. The second-order valence-electron chi connectivity index (χ2n) is 7.16. The van der Waals surface area contributed by atoms with Gasteiger partial charge in [-0.3, -0.25) is 9.52 Å².